The fraction of sp³-hybridized carbons (Fsp3) is 0.647. The van der Waals surface area contributed by atoms with Gasteiger partial charge in [0.2, 0.25) is 0 Å². The van der Waals surface area contributed by atoms with Crippen molar-refractivity contribution in [2.45, 2.75) is 52.7 Å². The van der Waals surface area contributed by atoms with Crippen molar-refractivity contribution < 1.29 is 9.47 Å². The minimum Gasteiger partial charge on any atom is -0.491 e. The second-order valence-corrected chi connectivity index (χ2v) is 7.02. The molecule has 0 radical (unpaired) electrons. The van der Waals surface area contributed by atoms with Crippen LogP contribution in [-0.4, -0.2) is 25.4 Å². The predicted octanol–water partition coefficient (Wildman–Crippen LogP) is 4.70. The first kappa shape index (κ1) is 18.5. The van der Waals surface area contributed by atoms with Crippen LogP contribution < -0.4 is 10.1 Å². The second kappa shape index (κ2) is 8.76. The molecule has 0 aliphatic heterocycles. The van der Waals surface area contributed by atoms with Crippen LogP contribution in [0.3, 0.4) is 0 Å². The van der Waals surface area contributed by atoms with Crippen molar-refractivity contribution >= 4 is 15.9 Å². The van der Waals surface area contributed by atoms with E-state index in [1.54, 1.807) is 0 Å². The molecule has 1 unspecified atom stereocenters. The molecule has 120 valence electrons. The highest BCUT2D eigenvalue weighted by Gasteiger charge is 2.11. The van der Waals surface area contributed by atoms with E-state index in [9.17, 15) is 0 Å². The minimum atomic E-state index is -0.117. The van der Waals surface area contributed by atoms with Gasteiger partial charge in [-0.2, -0.15) is 0 Å². The Kier molecular flexibility index (Phi) is 7.71. The van der Waals surface area contributed by atoms with Crippen molar-refractivity contribution in [2.75, 3.05) is 19.8 Å². The van der Waals surface area contributed by atoms with Gasteiger partial charge in [0.15, 0.2) is 0 Å². The number of hydrogen-bond donors (Lipinski definition) is 1. The molecular formula is C17H28BrNO2. The van der Waals surface area contributed by atoms with Crippen LogP contribution in [0.25, 0.3) is 0 Å². The molecule has 0 bridgehead atoms. The molecule has 4 heteroatoms. The van der Waals surface area contributed by atoms with Gasteiger partial charge in [0.05, 0.1) is 12.2 Å². The molecule has 0 amide bonds. The molecule has 1 aromatic rings. The van der Waals surface area contributed by atoms with Gasteiger partial charge in [-0.1, -0.05) is 28.9 Å². The third-order valence-corrected chi connectivity index (χ3v) is 3.71. The van der Waals surface area contributed by atoms with Gasteiger partial charge in [-0.3, -0.25) is 0 Å². The topological polar surface area (TPSA) is 30.5 Å². The summed E-state index contributed by atoms with van der Waals surface area (Å²) < 4.78 is 12.4. The Bertz CT molecular complexity index is 429. The number of nitrogens with one attached hydrogen (secondary N) is 1. The van der Waals surface area contributed by atoms with Gasteiger partial charge in [-0.15, -0.1) is 0 Å². The highest BCUT2D eigenvalue weighted by Crippen LogP contribution is 2.27. The van der Waals surface area contributed by atoms with E-state index in [0.717, 1.165) is 23.2 Å². The molecule has 1 rings (SSSR count). The summed E-state index contributed by atoms with van der Waals surface area (Å²) in [7, 11) is 0. The molecular weight excluding hydrogens is 330 g/mol. The van der Waals surface area contributed by atoms with Crippen molar-refractivity contribution in [1.82, 2.24) is 5.32 Å². The Balaban J connectivity index is 2.50. The molecule has 0 aliphatic rings. The van der Waals surface area contributed by atoms with E-state index in [-0.39, 0.29) is 5.60 Å². The maximum Gasteiger partial charge on any atom is 0.120 e. The SMILES string of the molecule is CCCNC(C)c1ccc(OCCOC(C)(C)C)cc1Br. The lowest BCUT2D eigenvalue weighted by Gasteiger charge is -2.20. The van der Waals surface area contributed by atoms with Crippen molar-refractivity contribution in [3.8, 4) is 5.75 Å². The molecule has 0 aromatic heterocycles. The Labute approximate surface area is 137 Å². The van der Waals surface area contributed by atoms with Crippen LogP contribution in [0.1, 0.15) is 52.6 Å². The van der Waals surface area contributed by atoms with Crippen LogP contribution in [0.5, 0.6) is 5.75 Å². The highest BCUT2D eigenvalue weighted by atomic mass is 79.9. The van der Waals surface area contributed by atoms with Crippen molar-refractivity contribution in [3.05, 3.63) is 28.2 Å². The van der Waals surface area contributed by atoms with Gasteiger partial charge < -0.3 is 14.8 Å². The standard InChI is InChI=1S/C17H28BrNO2/c1-6-9-19-13(2)15-8-7-14(12-16(15)18)20-10-11-21-17(3,4)5/h7-8,12-13,19H,6,9-11H2,1-5H3. The van der Waals surface area contributed by atoms with E-state index in [4.69, 9.17) is 9.47 Å². The second-order valence-electron chi connectivity index (χ2n) is 6.17. The number of benzene rings is 1. The number of ether oxygens (including phenoxy) is 2. The summed E-state index contributed by atoms with van der Waals surface area (Å²) in [5.41, 5.74) is 1.13. The fourth-order valence-corrected chi connectivity index (χ4v) is 2.63. The first-order valence-corrected chi connectivity index (χ1v) is 8.42. The fourth-order valence-electron chi connectivity index (χ4n) is 1.93. The molecule has 0 saturated carbocycles. The van der Waals surface area contributed by atoms with Gasteiger partial charge in [0.1, 0.15) is 12.4 Å². The average molecular weight is 358 g/mol. The molecule has 1 aromatic carbocycles. The summed E-state index contributed by atoms with van der Waals surface area (Å²) in [6.07, 6.45) is 1.14. The first-order valence-electron chi connectivity index (χ1n) is 7.63. The lowest BCUT2D eigenvalue weighted by molar-refractivity contribution is -0.0163. The summed E-state index contributed by atoms with van der Waals surface area (Å²) in [6.45, 7) is 12.7. The molecule has 0 saturated heterocycles. The normalized spacial score (nSPS) is 13.2. The van der Waals surface area contributed by atoms with Crippen LogP contribution in [0.4, 0.5) is 0 Å². The largest absolute Gasteiger partial charge is 0.491 e. The summed E-state index contributed by atoms with van der Waals surface area (Å²) in [6, 6.07) is 6.48. The van der Waals surface area contributed by atoms with Gasteiger partial charge in [0, 0.05) is 10.5 Å². The molecule has 0 heterocycles. The lowest BCUT2D eigenvalue weighted by Crippen LogP contribution is -2.22. The number of hydrogen-bond acceptors (Lipinski definition) is 3. The number of halogens is 1. The summed E-state index contributed by atoms with van der Waals surface area (Å²) in [5.74, 6) is 0.867. The third kappa shape index (κ3) is 7.30. The van der Waals surface area contributed by atoms with E-state index < -0.39 is 0 Å². The molecule has 1 atom stereocenters. The van der Waals surface area contributed by atoms with Crippen LogP contribution in [-0.2, 0) is 4.74 Å². The third-order valence-electron chi connectivity index (χ3n) is 3.03. The van der Waals surface area contributed by atoms with Gasteiger partial charge in [-0.05, 0) is 58.4 Å². The maximum absolute atomic E-state index is 5.72. The van der Waals surface area contributed by atoms with E-state index in [0.29, 0.717) is 19.3 Å². The van der Waals surface area contributed by atoms with Gasteiger partial charge >= 0.3 is 0 Å². The van der Waals surface area contributed by atoms with Crippen LogP contribution >= 0.6 is 15.9 Å². The van der Waals surface area contributed by atoms with Gasteiger partial charge in [0.25, 0.3) is 0 Å². The predicted molar refractivity (Wildman–Crippen MR) is 92.1 cm³/mol. The Morgan fingerprint density at radius 3 is 2.52 bits per heavy atom. The average Bonchev–Trinajstić information content (AvgIpc) is 2.40. The van der Waals surface area contributed by atoms with Crippen molar-refractivity contribution in [2.24, 2.45) is 0 Å². The molecule has 0 spiro atoms. The molecule has 21 heavy (non-hydrogen) atoms. The van der Waals surface area contributed by atoms with Crippen LogP contribution in [0.2, 0.25) is 0 Å². The zero-order valence-electron chi connectivity index (χ0n) is 13.8. The Hall–Kier alpha value is -0.580. The van der Waals surface area contributed by atoms with Gasteiger partial charge in [-0.25, -0.2) is 0 Å². The zero-order valence-corrected chi connectivity index (χ0v) is 15.4. The van der Waals surface area contributed by atoms with Crippen molar-refractivity contribution in [3.63, 3.8) is 0 Å². The molecule has 3 nitrogen and oxygen atoms in total. The van der Waals surface area contributed by atoms with E-state index in [1.165, 1.54) is 5.56 Å². The number of rotatable bonds is 8. The van der Waals surface area contributed by atoms with E-state index >= 15 is 0 Å². The van der Waals surface area contributed by atoms with E-state index in [2.05, 4.69) is 41.2 Å². The highest BCUT2D eigenvalue weighted by molar-refractivity contribution is 9.10. The van der Waals surface area contributed by atoms with Crippen molar-refractivity contribution in [1.29, 1.82) is 0 Å². The first-order chi connectivity index (χ1) is 9.83. The molecule has 1 N–H and O–H groups in total. The molecule has 0 aliphatic carbocycles. The zero-order chi connectivity index (χ0) is 15.9. The summed E-state index contributed by atoms with van der Waals surface area (Å²) in [4.78, 5) is 0. The monoisotopic (exact) mass is 357 g/mol. The quantitative estimate of drug-likeness (QED) is 0.683. The van der Waals surface area contributed by atoms with E-state index in [1.807, 2.05) is 32.9 Å². The molecule has 0 fully saturated rings. The maximum atomic E-state index is 5.72. The smallest absolute Gasteiger partial charge is 0.120 e. The summed E-state index contributed by atoms with van der Waals surface area (Å²) >= 11 is 3.63. The lowest BCUT2D eigenvalue weighted by atomic mass is 10.1. The van der Waals surface area contributed by atoms with Crippen LogP contribution in [0.15, 0.2) is 22.7 Å². The Morgan fingerprint density at radius 1 is 1.24 bits per heavy atom. The minimum absolute atomic E-state index is 0.117. The Morgan fingerprint density at radius 2 is 1.95 bits per heavy atom. The summed E-state index contributed by atoms with van der Waals surface area (Å²) in [5, 5.41) is 3.49. The van der Waals surface area contributed by atoms with Crippen LogP contribution in [0, 0.1) is 0 Å².